The number of hydrogen-bond acceptors (Lipinski definition) is 3. The quantitative estimate of drug-likeness (QED) is 0.730. The predicted molar refractivity (Wildman–Crippen MR) is 101 cm³/mol. The molecule has 0 aliphatic heterocycles. The summed E-state index contributed by atoms with van der Waals surface area (Å²) in [7, 11) is -3.80. The van der Waals surface area contributed by atoms with E-state index in [0.717, 1.165) is 5.56 Å². The maximum absolute atomic E-state index is 13.2. The summed E-state index contributed by atoms with van der Waals surface area (Å²) >= 11 is 0. The van der Waals surface area contributed by atoms with Crippen molar-refractivity contribution in [1.82, 2.24) is 4.31 Å². The molecule has 0 radical (unpaired) electrons. The normalized spacial score (nSPS) is 14.6. The Bertz CT molecular complexity index is 760. The largest absolute Gasteiger partial charge is 0.374 e. The van der Waals surface area contributed by atoms with E-state index < -0.39 is 15.7 Å². The van der Waals surface area contributed by atoms with Crippen molar-refractivity contribution in [3.8, 4) is 0 Å². The highest BCUT2D eigenvalue weighted by molar-refractivity contribution is 7.89. The molecular formula is C20H27NO3S. The monoisotopic (exact) mass is 361 g/mol. The fourth-order valence-electron chi connectivity index (χ4n) is 2.86. The maximum atomic E-state index is 13.2. The van der Waals surface area contributed by atoms with Gasteiger partial charge in [0.15, 0.2) is 0 Å². The first kappa shape index (κ1) is 19.6. The van der Waals surface area contributed by atoms with E-state index in [9.17, 15) is 13.5 Å². The molecule has 4 nitrogen and oxygen atoms in total. The lowest BCUT2D eigenvalue weighted by Crippen LogP contribution is -2.54. The van der Waals surface area contributed by atoms with E-state index >= 15 is 0 Å². The third kappa shape index (κ3) is 4.69. The van der Waals surface area contributed by atoms with Crippen molar-refractivity contribution >= 4 is 10.0 Å². The molecule has 0 bridgehead atoms. The minimum Gasteiger partial charge on any atom is -0.374 e. The van der Waals surface area contributed by atoms with Gasteiger partial charge in [-0.2, -0.15) is 4.31 Å². The van der Waals surface area contributed by atoms with Gasteiger partial charge < -0.3 is 5.11 Å². The van der Waals surface area contributed by atoms with Gasteiger partial charge in [0.05, 0.1) is 4.90 Å². The summed E-state index contributed by atoms with van der Waals surface area (Å²) in [5.41, 5.74) is -0.566. The van der Waals surface area contributed by atoms with Gasteiger partial charge >= 0.3 is 0 Å². The van der Waals surface area contributed by atoms with Crippen LogP contribution in [0, 0.1) is 5.92 Å². The highest BCUT2D eigenvalue weighted by Crippen LogP contribution is 2.30. The molecule has 1 atom stereocenters. The van der Waals surface area contributed by atoms with Gasteiger partial charge in [-0.15, -0.1) is 0 Å². The van der Waals surface area contributed by atoms with Crippen molar-refractivity contribution in [3.63, 3.8) is 0 Å². The minimum atomic E-state index is -3.80. The van der Waals surface area contributed by atoms with Crippen LogP contribution in [-0.2, 0) is 16.4 Å². The van der Waals surface area contributed by atoms with Crippen molar-refractivity contribution in [2.45, 2.75) is 44.2 Å². The second-order valence-electron chi connectivity index (χ2n) is 6.74. The Kier molecular flexibility index (Phi) is 6.38. The molecule has 0 spiro atoms. The average molecular weight is 362 g/mol. The molecular weight excluding hydrogens is 334 g/mol. The Hall–Kier alpha value is -1.69. The smallest absolute Gasteiger partial charge is 0.245 e. The summed E-state index contributed by atoms with van der Waals surface area (Å²) in [4.78, 5) is 0.204. The lowest BCUT2D eigenvalue weighted by molar-refractivity contribution is -0.0674. The molecule has 2 aromatic rings. The van der Waals surface area contributed by atoms with Crippen LogP contribution in [0.4, 0.5) is 0 Å². The van der Waals surface area contributed by atoms with Crippen LogP contribution in [0.5, 0.6) is 0 Å². The fourth-order valence-corrected chi connectivity index (χ4v) is 4.75. The second kappa shape index (κ2) is 8.13. The predicted octanol–water partition coefficient (Wildman–Crippen LogP) is 3.67. The van der Waals surface area contributed by atoms with E-state index in [1.165, 1.54) is 4.31 Å². The number of nitrogens with zero attached hydrogens (tertiary/aromatic N) is 1. The minimum absolute atomic E-state index is 0.0901. The van der Waals surface area contributed by atoms with Crippen LogP contribution in [0.1, 0.15) is 32.8 Å². The van der Waals surface area contributed by atoms with Crippen LogP contribution >= 0.6 is 0 Å². The zero-order chi connectivity index (χ0) is 18.5. The highest BCUT2D eigenvalue weighted by atomic mass is 32.2. The van der Waals surface area contributed by atoms with E-state index in [0.29, 0.717) is 6.42 Å². The molecule has 0 aliphatic carbocycles. The van der Waals surface area contributed by atoms with Crippen molar-refractivity contribution in [1.29, 1.82) is 0 Å². The topological polar surface area (TPSA) is 57.6 Å². The first-order valence-corrected chi connectivity index (χ1v) is 10.1. The first-order chi connectivity index (χ1) is 11.8. The number of aliphatic hydroxyl groups is 1. The molecule has 136 valence electrons. The molecule has 2 aromatic carbocycles. The fraction of sp³-hybridized carbons (Fsp3) is 0.400. The Balaban J connectivity index is 2.47. The number of sulfonamides is 1. The van der Waals surface area contributed by atoms with Crippen molar-refractivity contribution < 1.29 is 13.5 Å². The van der Waals surface area contributed by atoms with Gasteiger partial charge in [0, 0.05) is 13.0 Å². The third-order valence-electron chi connectivity index (χ3n) is 4.22. The van der Waals surface area contributed by atoms with Crippen molar-refractivity contribution in [2.75, 3.05) is 6.54 Å². The Morgan fingerprint density at radius 2 is 1.52 bits per heavy atom. The third-order valence-corrected chi connectivity index (χ3v) is 6.16. The lowest BCUT2D eigenvalue weighted by atomic mass is 9.99. The van der Waals surface area contributed by atoms with Gasteiger partial charge in [-0.25, -0.2) is 8.42 Å². The number of benzene rings is 2. The van der Waals surface area contributed by atoms with Crippen LogP contribution in [-0.4, -0.2) is 30.1 Å². The van der Waals surface area contributed by atoms with Gasteiger partial charge in [-0.05, 0) is 30.0 Å². The van der Waals surface area contributed by atoms with Crippen LogP contribution in [0.15, 0.2) is 65.6 Å². The average Bonchev–Trinajstić information content (AvgIpc) is 2.61. The molecule has 5 heteroatoms. The molecule has 25 heavy (non-hydrogen) atoms. The Labute approximate surface area is 151 Å². The van der Waals surface area contributed by atoms with Gasteiger partial charge in [-0.3, -0.25) is 0 Å². The summed E-state index contributed by atoms with van der Waals surface area (Å²) in [5, 5.41) is 11.3. The summed E-state index contributed by atoms with van der Waals surface area (Å²) in [6.45, 7) is 5.98. The molecule has 0 fully saturated rings. The number of rotatable bonds is 8. The Morgan fingerprint density at radius 3 is 2.00 bits per heavy atom. The van der Waals surface area contributed by atoms with Crippen LogP contribution in [0.25, 0.3) is 0 Å². The SMILES string of the molecule is CCC(O)(Cc1ccccc1)N(CC(C)C)S(=O)(=O)c1ccccc1. The summed E-state index contributed by atoms with van der Waals surface area (Å²) in [5.74, 6) is 0.0901. The Morgan fingerprint density at radius 1 is 1.00 bits per heavy atom. The van der Waals surface area contributed by atoms with Gasteiger partial charge in [0.25, 0.3) is 0 Å². The molecule has 0 amide bonds. The zero-order valence-corrected chi connectivity index (χ0v) is 15.9. The number of hydrogen-bond donors (Lipinski definition) is 1. The maximum Gasteiger partial charge on any atom is 0.245 e. The van der Waals surface area contributed by atoms with Crippen LogP contribution in [0.3, 0.4) is 0 Å². The second-order valence-corrected chi connectivity index (χ2v) is 8.60. The summed E-state index contributed by atoms with van der Waals surface area (Å²) in [6, 6.07) is 17.8. The van der Waals surface area contributed by atoms with E-state index in [2.05, 4.69) is 0 Å². The highest BCUT2D eigenvalue weighted by Gasteiger charge is 2.41. The molecule has 1 N–H and O–H groups in total. The zero-order valence-electron chi connectivity index (χ0n) is 15.1. The molecule has 1 unspecified atom stereocenters. The summed E-state index contributed by atoms with van der Waals surface area (Å²) in [6.07, 6.45) is 0.559. The van der Waals surface area contributed by atoms with Gasteiger partial charge in [0.1, 0.15) is 5.72 Å². The molecule has 0 heterocycles. The van der Waals surface area contributed by atoms with Gasteiger partial charge in [-0.1, -0.05) is 69.3 Å². The molecule has 0 saturated heterocycles. The summed E-state index contributed by atoms with van der Waals surface area (Å²) < 4.78 is 27.7. The first-order valence-electron chi connectivity index (χ1n) is 8.64. The molecule has 0 saturated carbocycles. The molecule has 2 rings (SSSR count). The molecule has 0 aliphatic rings. The van der Waals surface area contributed by atoms with E-state index in [1.807, 2.05) is 51.1 Å². The van der Waals surface area contributed by atoms with Crippen LogP contribution < -0.4 is 0 Å². The van der Waals surface area contributed by atoms with Crippen molar-refractivity contribution in [2.24, 2.45) is 5.92 Å². The standard InChI is InChI=1S/C20H27NO3S/c1-4-20(22,15-18-11-7-5-8-12-18)21(16-17(2)3)25(23,24)19-13-9-6-10-14-19/h5-14,17,22H,4,15-16H2,1-3H3. The van der Waals surface area contributed by atoms with E-state index in [-0.39, 0.29) is 23.8 Å². The lowest BCUT2D eigenvalue weighted by Gasteiger charge is -2.39. The van der Waals surface area contributed by atoms with Crippen LogP contribution in [0.2, 0.25) is 0 Å². The van der Waals surface area contributed by atoms with Crippen molar-refractivity contribution in [3.05, 3.63) is 66.2 Å². The van der Waals surface area contributed by atoms with E-state index in [4.69, 9.17) is 0 Å². The van der Waals surface area contributed by atoms with E-state index in [1.54, 1.807) is 30.3 Å². The van der Waals surface area contributed by atoms with Gasteiger partial charge in [0.2, 0.25) is 10.0 Å². The molecule has 0 aromatic heterocycles.